The van der Waals surface area contributed by atoms with Gasteiger partial charge in [-0.3, -0.25) is 0 Å². The van der Waals surface area contributed by atoms with Crippen LogP contribution in [-0.2, 0) is 5.41 Å². The van der Waals surface area contributed by atoms with Crippen molar-refractivity contribution in [2.24, 2.45) is 0 Å². The van der Waals surface area contributed by atoms with Gasteiger partial charge >= 0.3 is 0 Å². The molecule has 3 heterocycles. The maximum atomic E-state index is 6.40. The number of aromatic nitrogens is 3. The van der Waals surface area contributed by atoms with Crippen molar-refractivity contribution in [2.75, 3.05) is 0 Å². The number of benzene rings is 9. The molecule has 5 nitrogen and oxygen atoms in total. The smallest absolute Gasteiger partial charge is 0.164 e. The highest BCUT2D eigenvalue weighted by Crippen LogP contribution is 2.62. The van der Waals surface area contributed by atoms with E-state index in [0.717, 1.165) is 71.7 Å². The molecule has 0 atom stereocenters. The second-order valence-corrected chi connectivity index (χ2v) is 16.6. The molecular formula is C58H33N3O2. The SMILES string of the molecule is c1ccc2c(c1)-c1ccccc1C1(c3ccccc3-2)c2ccccc2-c2c(-c3nc(-c4ccc5oc6ccccc6c5c4)nc(-c4cccc5oc6ccccc6c45)n3)cccc21. The Hall–Kier alpha value is -8.41. The van der Waals surface area contributed by atoms with E-state index in [1.807, 2.05) is 54.6 Å². The maximum absolute atomic E-state index is 6.40. The molecule has 0 saturated heterocycles. The quantitative estimate of drug-likeness (QED) is 0.178. The van der Waals surface area contributed by atoms with Crippen LogP contribution in [0.4, 0.5) is 0 Å². The molecule has 0 N–H and O–H groups in total. The van der Waals surface area contributed by atoms with Gasteiger partial charge in [-0.05, 0) is 92.0 Å². The summed E-state index contributed by atoms with van der Waals surface area (Å²) in [6, 6.07) is 71.1. The Labute approximate surface area is 361 Å². The molecule has 63 heavy (non-hydrogen) atoms. The van der Waals surface area contributed by atoms with Crippen LogP contribution in [0.25, 0.3) is 111 Å². The third kappa shape index (κ3) is 4.68. The minimum Gasteiger partial charge on any atom is -0.456 e. The molecule has 2 aliphatic carbocycles. The molecule has 0 bridgehead atoms. The van der Waals surface area contributed by atoms with Gasteiger partial charge in [0.2, 0.25) is 0 Å². The monoisotopic (exact) mass is 803 g/mol. The van der Waals surface area contributed by atoms with Crippen molar-refractivity contribution in [1.29, 1.82) is 0 Å². The fraction of sp³-hybridized carbons (Fsp3) is 0.0172. The maximum Gasteiger partial charge on any atom is 0.164 e. The van der Waals surface area contributed by atoms with Crippen LogP contribution in [-0.4, -0.2) is 15.0 Å². The molecule has 0 amide bonds. The summed E-state index contributed by atoms with van der Waals surface area (Å²) in [5.41, 5.74) is 17.5. The summed E-state index contributed by atoms with van der Waals surface area (Å²) in [6.07, 6.45) is 0. The molecule has 2 aliphatic rings. The molecule has 14 rings (SSSR count). The number of para-hydroxylation sites is 2. The van der Waals surface area contributed by atoms with Crippen molar-refractivity contribution in [3.05, 3.63) is 222 Å². The lowest BCUT2D eigenvalue weighted by atomic mass is 9.66. The van der Waals surface area contributed by atoms with E-state index in [2.05, 4.69) is 146 Å². The first-order valence-corrected chi connectivity index (χ1v) is 21.3. The zero-order valence-corrected chi connectivity index (χ0v) is 33.7. The van der Waals surface area contributed by atoms with E-state index in [1.54, 1.807) is 0 Å². The summed E-state index contributed by atoms with van der Waals surface area (Å²) in [5, 5.41) is 4.05. The van der Waals surface area contributed by atoms with Gasteiger partial charge in [0, 0.05) is 38.2 Å². The average Bonchev–Trinajstić information content (AvgIpc) is 4.00. The van der Waals surface area contributed by atoms with Gasteiger partial charge in [0.05, 0.1) is 5.41 Å². The number of rotatable bonds is 3. The minimum absolute atomic E-state index is 0.573. The Kier molecular flexibility index (Phi) is 6.97. The molecule has 3 aromatic heterocycles. The predicted octanol–water partition coefficient (Wildman–Crippen LogP) is 14.7. The van der Waals surface area contributed by atoms with Gasteiger partial charge in [0.25, 0.3) is 0 Å². The van der Waals surface area contributed by atoms with Crippen LogP contribution < -0.4 is 0 Å². The van der Waals surface area contributed by atoms with Crippen LogP contribution in [0.2, 0.25) is 0 Å². The van der Waals surface area contributed by atoms with Gasteiger partial charge in [0.15, 0.2) is 17.5 Å². The van der Waals surface area contributed by atoms with Crippen molar-refractivity contribution in [2.45, 2.75) is 5.41 Å². The first kappa shape index (κ1) is 34.3. The van der Waals surface area contributed by atoms with E-state index in [1.165, 1.54) is 44.5 Å². The van der Waals surface area contributed by atoms with Gasteiger partial charge in [-0.2, -0.15) is 0 Å². The molecule has 0 fully saturated rings. The standard InChI is InChI=1S/C58H33N3O2/c1-2-16-36-35(15-1)37-17-3-8-24-45(37)58(46-25-9-4-18-38(36)46)47-26-10-5-20-40(47)53-42(22-13-27-48(53)58)56-59-55(34-31-32-51-44(33-34)39-19-6-11-28-49(39)62-51)60-57(61-56)43-23-14-30-52-54(43)41-21-7-12-29-50(41)63-52/h1-33H. The van der Waals surface area contributed by atoms with Crippen LogP contribution in [0, 0.1) is 0 Å². The minimum atomic E-state index is -0.637. The van der Waals surface area contributed by atoms with E-state index in [4.69, 9.17) is 23.8 Å². The summed E-state index contributed by atoms with van der Waals surface area (Å²) >= 11 is 0. The van der Waals surface area contributed by atoms with Gasteiger partial charge in [-0.25, -0.2) is 15.0 Å². The topological polar surface area (TPSA) is 65.0 Å². The third-order valence-electron chi connectivity index (χ3n) is 13.4. The highest BCUT2D eigenvalue weighted by Gasteiger charge is 2.50. The Balaban J connectivity index is 1.08. The Morgan fingerprint density at radius 3 is 1.49 bits per heavy atom. The summed E-state index contributed by atoms with van der Waals surface area (Å²) < 4.78 is 12.7. The van der Waals surface area contributed by atoms with E-state index >= 15 is 0 Å². The molecule has 0 radical (unpaired) electrons. The largest absolute Gasteiger partial charge is 0.456 e. The second-order valence-electron chi connectivity index (χ2n) is 16.6. The van der Waals surface area contributed by atoms with E-state index in [9.17, 15) is 0 Å². The molecule has 5 heteroatoms. The zero-order chi connectivity index (χ0) is 41.2. The van der Waals surface area contributed by atoms with Crippen LogP contribution in [0.1, 0.15) is 22.3 Å². The Bertz CT molecular complexity index is 3830. The number of fused-ring (bicyclic) bond motifs is 18. The van der Waals surface area contributed by atoms with Crippen molar-refractivity contribution in [1.82, 2.24) is 15.0 Å². The molecule has 1 spiro atoms. The molecular weight excluding hydrogens is 771 g/mol. The van der Waals surface area contributed by atoms with Crippen LogP contribution >= 0.6 is 0 Å². The molecule has 12 aromatic rings. The molecule has 0 saturated carbocycles. The first-order valence-electron chi connectivity index (χ1n) is 21.3. The summed E-state index contributed by atoms with van der Waals surface area (Å²) in [6.45, 7) is 0. The van der Waals surface area contributed by atoms with Gasteiger partial charge in [-0.15, -0.1) is 0 Å². The van der Waals surface area contributed by atoms with Crippen molar-refractivity contribution in [3.63, 3.8) is 0 Å². The van der Waals surface area contributed by atoms with Crippen molar-refractivity contribution < 1.29 is 8.83 Å². The molecule has 0 aliphatic heterocycles. The average molecular weight is 804 g/mol. The highest BCUT2D eigenvalue weighted by atomic mass is 16.3. The van der Waals surface area contributed by atoms with Crippen molar-refractivity contribution in [3.8, 4) is 67.5 Å². The first-order chi connectivity index (χ1) is 31.2. The zero-order valence-electron chi connectivity index (χ0n) is 33.7. The lowest BCUT2D eigenvalue weighted by Crippen LogP contribution is -2.29. The molecule has 9 aromatic carbocycles. The van der Waals surface area contributed by atoms with E-state index in [0.29, 0.717) is 17.5 Å². The lowest BCUT2D eigenvalue weighted by Gasteiger charge is -2.35. The fourth-order valence-electron chi connectivity index (χ4n) is 10.9. The molecule has 292 valence electrons. The van der Waals surface area contributed by atoms with E-state index < -0.39 is 5.41 Å². The number of nitrogens with zero attached hydrogens (tertiary/aromatic N) is 3. The van der Waals surface area contributed by atoms with E-state index in [-0.39, 0.29) is 0 Å². The third-order valence-corrected chi connectivity index (χ3v) is 13.4. The Morgan fingerprint density at radius 1 is 0.302 bits per heavy atom. The lowest BCUT2D eigenvalue weighted by molar-refractivity contribution is 0.668. The van der Waals surface area contributed by atoms with Gasteiger partial charge < -0.3 is 8.83 Å². The predicted molar refractivity (Wildman–Crippen MR) is 252 cm³/mol. The van der Waals surface area contributed by atoms with Crippen LogP contribution in [0.15, 0.2) is 209 Å². The summed E-state index contributed by atoms with van der Waals surface area (Å²) in [5.74, 6) is 1.74. The summed E-state index contributed by atoms with van der Waals surface area (Å²) in [7, 11) is 0. The fourth-order valence-corrected chi connectivity index (χ4v) is 10.9. The number of hydrogen-bond donors (Lipinski definition) is 0. The summed E-state index contributed by atoms with van der Waals surface area (Å²) in [4.78, 5) is 16.3. The number of hydrogen-bond acceptors (Lipinski definition) is 5. The Morgan fingerprint density at radius 2 is 0.762 bits per heavy atom. The van der Waals surface area contributed by atoms with Crippen LogP contribution in [0.5, 0.6) is 0 Å². The highest BCUT2D eigenvalue weighted by molar-refractivity contribution is 6.12. The molecule has 0 unspecified atom stereocenters. The normalized spacial score (nSPS) is 13.2. The van der Waals surface area contributed by atoms with Crippen LogP contribution in [0.3, 0.4) is 0 Å². The van der Waals surface area contributed by atoms with Crippen molar-refractivity contribution >= 4 is 43.9 Å². The number of furan rings is 2. The van der Waals surface area contributed by atoms with Gasteiger partial charge in [-0.1, -0.05) is 164 Å². The second kappa shape index (κ2) is 12.8. The van der Waals surface area contributed by atoms with Gasteiger partial charge in [0.1, 0.15) is 22.3 Å².